The summed E-state index contributed by atoms with van der Waals surface area (Å²) in [5.74, 6) is 0.417. The summed E-state index contributed by atoms with van der Waals surface area (Å²) in [6.45, 7) is 3.56. The summed E-state index contributed by atoms with van der Waals surface area (Å²) >= 11 is 12.7. The highest BCUT2D eigenvalue weighted by Gasteiger charge is 2.25. The van der Waals surface area contributed by atoms with E-state index >= 15 is 0 Å². The molecule has 0 saturated carbocycles. The number of aromatic nitrogens is 6. The van der Waals surface area contributed by atoms with Gasteiger partial charge in [-0.1, -0.05) is 53.9 Å². The number of benzene rings is 2. The van der Waals surface area contributed by atoms with E-state index in [1.54, 1.807) is 34.6 Å². The number of aryl methyl sites for hydroxylation is 1. The van der Waals surface area contributed by atoms with E-state index in [1.165, 1.54) is 6.42 Å². The number of nitrogens with one attached hydrogen (secondary N) is 1. The molecule has 2 aromatic carbocycles. The molecule has 180 valence electrons. The van der Waals surface area contributed by atoms with Crippen LogP contribution >= 0.6 is 23.2 Å². The number of tetrazole rings is 1. The monoisotopic (exact) mass is 510 g/mol. The van der Waals surface area contributed by atoms with Gasteiger partial charge in [0.15, 0.2) is 11.5 Å². The van der Waals surface area contributed by atoms with Crippen LogP contribution < -0.4 is 5.43 Å². The molecule has 9 nitrogen and oxygen atoms in total. The first-order valence-electron chi connectivity index (χ1n) is 11.4. The van der Waals surface area contributed by atoms with Crippen molar-refractivity contribution >= 4 is 29.1 Å². The molecule has 0 radical (unpaired) electrons. The summed E-state index contributed by atoms with van der Waals surface area (Å²) < 4.78 is 3.32. The summed E-state index contributed by atoms with van der Waals surface area (Å²) in [6.07, 6.45) is 3.30. The van der Waals surface area contributed by atoms with Crippen molar-refractivity contribution in [2.75, 3.05) is 13.1 Å². The van der Waals surface area contributed by atoms with E-state index in [0.29, 0.717) is 27.3 Å². The Morgan fingerprint density at radius 3 is 2.37 bits per heavy atom. The summed E-state index contributed by atoms with van der Waals surface area (Å²) in [6, 6.07) is 13.0. The topological polar surface area (TPSA) is 93.8 Å². The minimum Gasteiger partial charge on any atom is -0.283 e. The van der Waals surface area contributed by atoms with Crippen molar-refractivity contribution < 1.29 is 4.79 Å². The lowest BCUT2D eigenvalue weighted by molar-refractivity contribution is 0.0743. The number of hydrazine groups is 1. The lowest BCUT2D eigenvalue weighted by Crippen LogP contribution is -2.45. The molecule has 0 bridgehead atoms. The second-order valence-electron chi connectivity index (χ2n) is 8.52. The maximum atomic E-state index is 13.2. The molecule has 3 heterocycles. The van der Waals surface area contributed by atoms with Crippen LogP contribution in [0, 0.1) is 6.92 Å². The zero-order valence-corrected chi connectivity index (χ0v) is 20.9. The van der Waals surface area contributed by atoms with Gasteiger partial charge in [0, 0.05) is 41.9 Å². The maximum absolute atomic E-state index is 13.2. The van der Waals surface area contributed by atoms with Gasteiger partial charge in [0.05, 0.1) is 16.4 Å². The van der Waals surface area contributed by atoms with Crippen molar-refractivity contribution in [1.29, 1.82) is 0 Å². The van der Waals surface area contributed by atoms with Crippen molar-refractivity contribution in [3.05, 3.63) is 63.8 Å². The van der Waals surface area contributed by atoms with Crippen LogP contribution in [-0.4, -0.2) is 54.0 Å². The summed E-state index contributed by atoms with van der Waals surface area (Å²) in [5.41, 5.74) is 7.25. The van der Waals surface area contributed by atoms with Crippen molar-refractivity contribution in [3.63, 3.8) is 0 Å². The van der Waals surface area contributed by atoms with Gasteiger partial charge in [-0.2, -0.15) is 5.10 Å². The molecular formula is C24H24Cl2N8O. The standard InChI is InChI=1S/C24H24Cl2N8O/c1-15-21(24(35)29-33-12-4-3-5-13-33)28-34(20-11-10-18(25)14-19(20)26)22(15)16-6-8-17(9-7-16)23-27-30-31-32(23)2/h6-11,14H,3-5,12-13H2,1-2H3,(H,29,35). The Bertz CT molecular complexity index is 1370. The molecule has 11 heteroatoms. The zero-order chi connectivity index (χ0) is 24.5. The van der Waals surface area contributed by atoms with Gasteiger partial charge < -0.3 is 0 Å². The van der Waals surface area contributed by atoms with Crippen molar-refractivity contribution in [2.45, 2.75) is 26.2 Å². The van der Waals surface area contributed by atoms with Crippen LogP contribution in [0.4, 0.5) is 0 Å². The summed E-state index contributed by atoms with van der Waals surface area (Å²) in [5, 5.41) is 19.3. The highest BCUT2D eigenvalue weighted by Crippen LogP contribution is 2.33. The number of piperidine rings is 1. The highest BCUT2D eigenvalue weighted by atomic mass is 35.5. The fraction of sp³-hybridized carbons (Fsp3) is 0.292. The highest BCUT2D eigenvalue weighted by molar-refractivity contribution is 6.35. The quantitative estimate of drug-likeness (QED) is 0.425. The van der Waals surface area contributed by atoms with Crippen molar-refractivity contribution in [1.82, 2.24) is 40.4 Å². The number of nitrogens with zero attached hydrogens (tertiary/aromatic N) is 7. The van der Waals surface area contributed by atoms with Gasteiger partial charge in [-0.3, -0.25) is 10.2 Å². The first-order valence-corrected chi connectivity index (χ1v) is 12.1. The third kappa shape index (κ3) is 4.67. The van der Waals surface area contributed by atoms with Crippen LogP contribution in [0.5, 0.6) is 0 Å². The molecule has 0 atom stereocenters. The van der Waals surface area contributed by atoms with E-state index in [4.69, 9.17) is 28.3 Å². The third-order valence-corrected chi connectivity index (χ3v) is 6.67. The van der Waals surface area contributed by atoms with Gasteiger partial charge in [-0.15, -0.1) is 5.10 Å². The number of halogens is 2. The molecule has 1 fully saturated rings. The lowest BCUT2D eigenvalue weighted by Gasteiger charge is -2.26. The van der Waals surface area contributed by atoms with E-state index in [1.807, 2.05) is 36.2 Å². The Balaban J connectivity index is 1.58. The smallest absolute Gasteiger partial charge is 0.283 e. The Morgan fingerprint density at radius 2 is 1.71 bits per heavy atom. The predicted molar refractivity (Wildman–Crippen MR) is 134 cm³/mol. The summed E-state index contributed by atoms with van der Waals surface area (Å²) in [4.78, 5) is 13.2. The van der Waals surface area contributed by atoms with E-state index in [9.17, 15) is 4.79 Å². The molecule has 0 aliphatic carbocycles. The third-order valence-electron chi connectivity index (χ3n) is 6.13. The minimum atomic E-state index is -0.240. The first kappa shape index (κ1) is 23.5. The van der Waals surface area contributed by atoms with E-state index in [2.05, 4.69) is 21.0 Å². The molecule has 1 aliphatic rings. The minimum absolute atomic E-state index is 0.240. The molecule has 1 aliphatic heterocycles. The Kier molecular flexibility index (Phi) is 6.55. The van der Waals surface area contributed by atoms with Gasteiger partial charge in [0.1, 0.15) is 0 Å². The molecule has 4 aromatic rings. The van der Waals surface area contributed by atoms with E-state index in [-0.39, 0.29) is 5.91 Å². The molecule has 1 N–H and O–H groups in total. The van der Waals surface area contributed by atoms with E-state index < -0.39 is 0 Å². The molecule has 1 saturated heterocycles. The number of carbonyl (C=O) groups excluding carboxylic acids is 1. The fourth-order valence-corrected chi connectivity index (χ4v) is 4.82. The van der Waals surface area contributed by atoms with Gasteiger partial charge >= 0.3 is 0 Å². The van der Waals surface area contributed by atoms with Crippen LogP contribution in [0.15, 0.2) is 42.5 Å². The second kappa shape index (κ2) is 9.77. The van der Waals surface area contributed by atoms with Gasteiger partial charge in [0.2, 0.25) is 0 Å². The van der Waals surface area contributed by atoms with Gasteiger partial charge in [-0.05, 0) is 48.4 Å². The van der Waals surface area contributed by atoms with E-state index in [0.717, 1.165) is 48.3 Å². The zero-order valence-electron chi connectivity index (χ0n) is 19.4. The lowest BCUT2D eigenvalue weighted by atomic mass is 10.0. The van der Waals surface area contributed by atoms with Crippen LogP contribution in [0.25, 0.3) is 28.3 Å². The van der Waals surface area contributed by atoms with Gasteiger partial charge in [-0.25, -0.2) is 14.4 Å². The average Bonchev–Trinajstić information content (AvgIpc) is 3.43. The first-order chi connectivity index (χ1) is 16.9. The fourth-order valence-electron chi connectivity index (χ4n) is 4.33. The van der Waals surface area contributed by atoms with Crippen LogP contribution in [0.1, 0.15) is 35.3 Å². The number of hydrogen-bond donors (Lipinski definition) is 1. The second-order valence-corrected chi connectivity index (χ2v) is 9.37. The van der Waals surface area contributed by atoms with Gasteiger partial charge in [0.25, 0.3) is 5.91 Å². The SMILES string of the molecule is Cc1c(C(=O)NN2CCCCC2)nn(-c2ccc(Cl)cc2Cl)c1-c1ccc(-c2nnnn2C)cc1. The Morgan fingerprint density at radius 1 is 1.00 bits per heavy atom. The Labute approximate surface area is 212 Å². The molecule has 0 unspecified atom stereocenters. The average molecular weight is 511 g/mol. The van der Waals surface area contributed by atoms with Crippen molar-refractivity contribution in [2.24, 2.45) is 7.05 Å². The molecule has 35 heavy (non-hydrogen) atoms. The normalized spacial score (nSPS) is 14.3. The van der Waals surface area contributed by atoms with Crippen LogP contribution in [-0.2, 0) is 7.05 Å². The summed E-state index contributed by atoms with van der Waals surface area (Å²) in [7, 11) is 1.79. The van der Waals surface area contributed by atoms with Crippen LogP contribution in [0.3, 0.4) is 0 Å². The van der Waals surface area contributed by atoms with Crippen LogP contribution in [0.2, 0.25) is 10.0 Å². The predicted octanol–water partition coefficient (Wildman–Crippen LogP) is 4.48. The number of carbonyl (C=O) groups is 1. The molecule has 5 rings (SSSR count). The largest absolute Gasteiger partial charge is 0.286 e. The number of rotatable bonds is 5. The maximum Gasteiger partial charge on any atom is 0.286 e. The number of hydrogen-bond acceptors (Lipinski definition) is 6. The Hall–Kier alpha value is -3.27. The molecular weight excluding hydrogens is 487 g/mol. The molecule has 2 aromatic heterocycles. The number of amides is 1. The molecule has 1 amide bonds. The van der Waals surface area contributed by atoms with Crippen molar-refractivity contribution in [3.8, 4) is 28.3 Å². The molecule has 0 spiro atoms.